The van der Waals surface area contributed by atoms with Crippen molar-refractivity contribution < 1.29 is 13.2 Å². The fourth-order valence-electron chi connectivity index (χ4n) is 2.45. The van der Waals surface area contributed by atoms with Gasteiger partial charge in [-0.15, -0.1) is 0 Å². The highest BCUT2D eigenvalue weighted by Gasteiger charge is 2.26. The lowest BCUT2D eigenvalue weighted by Crippen LogP contribution is -2.27. The van der Waals surface area contributed by atoms with E-state index in [-0.39, 0.29) is 12.0 Å². The van der Waals surface area contributed by atoms with Crippen molar-refractivity contribution in [2.45, 2.75) is 6.17 Å². The van der Waals surface area contributed by atoms with Crippen LogP contribution in [0.1, 0.15) is 11.7 Å². The molecule has 1 aliphatic heterocycles. The third-order valence-corrected chi connectivity index (χ3v) is 3.42. The minimum atomic E-state index is -0.868. The van der Waals surface area contributed by atoms with E-state index in [9.17, 15) is 13.2 Å². The van der Waals surface area contributed by atoms with E-state index in [0.717, 1.165) is 18.2 Å². The van der Waals surface area contributed by atoms with E-state index in [0.29, 0.717) is 12.2 Å². The topological polar surface area (TPSA) is 15.3 Å². The van der Waals surface area contributed by atoms with Gasteiger partial charge in [0.25, 0.3) is 0 Å². The molecule has 104 valence electrons. The van der Waals surface area contributed by atoms with Crippen LogP contribution in [0.2, 0.25) is 0 Å². The summed E-state index contributed by atoms with van der Waals surface area (Å²) in [6.45, 7) is 1.40. The highest BCUT2D eigenvalue weighted by Crippen LogP contribution is 2.29. The molecule has 0 aliphatic carbocycles. The number of hydrogen-bond acceptors (Lipinski definition) is 2. The monoisotopic (exact) mass is 278 g/mol. The highest BCUT2D eigenvalue weighted by atomic mass is 19.2. The summed E-state index contributed by atoms with van der Waals surface area (Å²) in [6.07, 6.45) is -0.166. The van der Waals surface area contributed by atoms with E-state index in [4.69, 9.17) is 0 Å². The molecule has 0 radical (unpaired) electrons. The third-order valence-electron chi connectivity index (χ3n) is 3.42. The summed E-state index contributed by atoms with van der Waals surface area (Å²) in [5.74, 6) is -2.03. The Balaban J connectivity index is 1.92. The second kappa shape index (κ2) is 5.17. The number of rotatable bonds is 2. The maximum atomic E-state index is 13.3. The molecule has 0 bridgehead atoms. The molecule has 1 aliphatic rings. The van der Waals surface area contributed by atoms with Gasteiger partial charge in [0.1, 0.15) is 12.0 Å². The Hall–Kier alpha value is -2.01. The molecule has 2 aromatic carbocycles. The summed E-state index contributed by atoms with van der Waals surface area (Å²) >= 11 is 0. The summed E-state index contributed by atoms with van der Waals surface area (Å²) in [7, 11) is 0. The van der Waals surface area contributed by atoms with Crippen molar-refractivity contribution in [3.63, 3.8) is 0 Å². The molecule has 1 saturated heterocycles. The van der Waals surface area contributed by atoms with Gasteiger partial charge in [-0.25, -0.2) is 13.2 Å². The van der Waals surface area contributed by atoms with Crippen molar-refractivity contribution in [1.82, 2.24) is 5.32 Å². The highest BCUT2D eigenvalue weighted by molar-refractivity contribution is 5.50. The van der Waals surface area contributed by atoms with Gasteiger partial charge in [-0.05, 0) is 29.8 Å². The van der Waals surface area contributed by atoms with Crippen LogP contribution in [0.4, 0.5) is 18.9 Å². The molecule has 5 heteroatoms. The van der Waals surface area contributed by atoms with Crippen molar-refractivity contribution >= 4 is 5.69 Å². The van der Waals surface area contributed by atoms with Gasteiger partial charge in [-0.3, -0.25) is 5.32 Å². The van der Waals surface area contributed by atoms with Gasteiger partial charge in [0.15, 0.2) is 11.6 Å². The van der Waals surface area contributed by atoms with E-state index < -0.39 is 11.6 Å². The molecule has 1 heterocycles. The first-order valence-corrected chi connectivity index (χ1v) is 6.36. The van der Waals surface area contributed by atoms with Crippen molar-refractivity contribution in [1.29, 1.82) is 0 Å². The molecule has 1 atom stereocenters. The maximum absolute atomic E-state index is 13.3. The van der Waals surface area contributed by atoms with Crippen molar-refractivity contribution in [2.75, 3.05) is 18.0 Å². The van der Waals surface area contributed by atoms with Crippen LogP contribution in [0.3, 0.4) is 0 Å². The average molecular weight is 278 g/mol. The number of nitrogens with zero attached hydrogens (tertiary/aromatic N) is 1. The minimum absolute atomic E-state index is 0.166. The first kappa shape index (κ1) is 13.0. The predicted octanol–water partition coefficient (Wildman–Crippen LogP) is 3.21. The summed E-state index contributed by atoms with van der Waals surface area (Å²) < 4.78 is 39.3. The average Bonchev–Trinajstić information content (AvgIpc) is 2.92. The van der Waals surface area contributed by atoms with Crippen molar-refractivity contribution in [3.05, 3.63) is 65.5 Å². The Morgan fingerprint density at radius 3 is 2.40 bits per heavy atom. The van der Waals surface area contributed by atoms with Crippen molar-refractivity contribution in [2.24, 2.45) is 0 Å². The van der Waals surface area contributed by atoms with Crippen LogP contribution >= 0.6 is 0 Å². The molecule has 1 N–H and O–H groups in total. The normalized spacial score (nSPS) is 18.6. The first-order valence-electron chi connectivity index (χ1n) is 6.36. The third kappa shape index (κ3) is 2.36. The van der Waals surface area contributed by atoms with E-state index in [1.165, 1.54) is 18.2 Å². The molecule has 0 spiro atoms. The SMILES string of the molecule is Fc1ccc(C2NCCN2c2ccc(F)c(F)c2)cc1. The number of nitrogens with one attached hydrogen (secondary N) is 1. The lowest BCUT2D eigenvalue weighted by molar-refractivity contribution is 0.507. The largest absolute Gasteiger partial charge is 0.351 e. The number of hydrogen-bond donors (Lipinski definition) is 1. The van der Waals surface area contributed by atoms with Gasteiger partial charge in [0.05, 0.1) is 0 Å². The second-order valence-corrected chi connectivity index (χ2v) is 4.70. The van der Waals surface area contributed by atoms with Crippen LogP contribution in [-0.2, 0) is 0 Å². The van der Waals surface area contributed by atoms with Crippen LogP contribution < -0.4 is 10.2 Å². The van der Waals surface area contributed by atoms with E-state index in [1.54, 1.807) is 18.2 Å². The fraction of sp³-hybridized carbons (Fsp3) is 0.200. The van der Waals surface area contributed by atoms with Crippen LogP contribution in [0, 0.1) is 17.5 Å². The van der Waals surface area contributed by atoms with Crippen LogP contribution in [0.25, 0.3) is 0 Å². The Labute approximate surface area is 114 Å². The molecule has 1 unspecified atom stereocenters. The van der Waals surface area contributed by atoms with Crippen molar-refractivity contribution in [3.8, 4) is 0 Å². The molecule has 2 nitrogen and oxygen atoms in total. The Bertz CT molecular complexity index is 613. The smallest absolute Gasteiger partial charge is 0.160 e. The molecule has 20 heavy (non-hydrogen) atoms. The van der Waals surface area contributed by atoms with Crippen LogP contribution in [-0.4, -0.2) is 13.1 Å². The van der Waals surface area contributed by atoms with Gasteiger partial charge >= 0.3 is 0 Å². The van der Waals surface area contributed by atoms with Gasteiger partial charge < -0.3 is 4.90 Å². The summed E-state index contributed by atoms with van der Waals surface area (Å²) in [4.78, 5) is 1.93. The fourth-order valence-corrected chi connectivity index (χ4v) is 2.45. The van der Waals surface area contributed by atoms with Gasteiger partial charge in [-0.1, -0.05) is 12.1 Å². The Morgan fingerprint density at radius 2 is 1.70 bits per heavy atom. The molecular formula is C15H13F3N2. The van der Waals surface area contributed by atoms with Gasteiger partial charge in [0.2, 0.25) is 0 Å². The molecule has 0 aromatic heterocycles. The Morgan fingerprint density at radius 1 is 0.950 bits per heavy atom. The van der Waals surface area contributed by atoms with Gasteiger partial charge in [-0.2, -0.15) is 0 Å². The lowest BCUT2D eigenvalue weighted by Gasteiger charge is -2.26. The summed E-state index contributed by atoms with van der Waals surface area (Å²) in [5, 5.41) is 3.26. The molecule has 2 aromatic rings. The zero-order chi connectivity index (χ0) is 14.1. The van der Waals surface area contributed by atoms with E-state index >= 15 is 0 Å². The molecule has 3 rings (SSSR count). The molecule has 1 fully saturated rings. The maximum Gasteiger partial charge on any atom is 0.160 e. The Kier molecular flexibility index (Phi) is 3.36. The van der Waals surface area contributed by atoms with Crippen LogP contribution in [0.5, 0.6) is 0 Å². The second-order valence-electron chi connectivity index (χ2n) is 4.70. The van der Waals surface area contributed by atoms with Crippen LogP contribution in [0.15, 0.2) is 42.5 Å². The molecule has 0 amide bonds. The summed E-state index contributed by atoms with van der Waals surface area (Å²) in [5.41, 5.74) is 1.48. The van der Waals surface area contributed by atoms with E-state index in [1.807, 2.05) is 4.90 Å². The van der Waals surface area contributed by atoms with E-state index in [2.05, 4.69) is 5.32 Å². The molecular weight excluding hydrogens is 265 g/mol. The van der Waals surface area contributed by atoms with Gasteiger partial charge in [0, 0.05) is 24.8 Å². The summed E-state index contributed by atoms with van der Waals surface area (Å²) in [6, 6.07) is 9.99. The minimum Gasteiger partial charge on any atom is -0.351 e. The zero-order valence-electron chi connectivity index (χ0n) is 10.6. The molecule has 0 saturated carbocycles. The lowest BCUT2D eigenvalue weighted by atomic mass is 10.1. The number of anilines is 1. The predicted molar refractivity (Wildman–Crippen MR) is 70.8 cm³/mol. The standard InChI is InChI=1S/C15H13F3N2/c16-11-3-1-10(2-4-11)15-19-7-8-20(15)12-5-6-13(17)14(18)9-12/h1-6,9,15,19H,7-8H2. The quantitative estimate of drug-likeness (QED) is 0.907. The zero-order valence-corrected chi connectivity index (χ0v) is 10.6. The number of halogens is 3. The number of benzene rings is 2. The first-order chi connectivity index (χ1) is 9.65.